The molecule has 0 spiro atoms. The quantitative estimate of drug-likeness (QED) is 0.890. The topological polar surface area (TPSA) is 64.7 Å². The number of aliphatic hydroxyl groups excluding tert-OH is 1. The number of halogens is 3. The molecule has 3 N–H and O–H groups in total. The molecular weight excluding hydrogens is 275 g/mol. The zero-order chi connectivity index (χ0) is 14.8. The molecule has 0 aromatic heterocycles. The van der Waals surface area contributed by atoms with Gasteiger partial charge >= 0.3 is 6.36 Å². The normalized spacial score (nSPS) is 24.6. The lowest BCUT2D eigenvalue weighted by atomic mass is 9.78. The summed E-state index contributed by atoms with van der Waals surface area (Å²) in [4.78, 5) is 0. The summed E-state index contributed by atoms with van der Waals surface area (Å²) in [5.41, 5.74) is 5.38. The van der Waals surface area contributed by atoms with Gasteiger partial charge in [-0.3, -0.25) is 0 Å². The average Bonchev–Trinajstić information content (AvgIpc) is 2.86. The van der Waals surface area contributed by atoms with Gasteiger partial charge in [0.05, 0.1) is 12.7 Å². The summed E-state index contributed by atoms with van der Waals surface area (Å²) in [6.45, 7) is 0.959. The monoisotopic (exact) mass is 291 g/mol. The van der Waals surface area contributed by atoms with E-state index in [2.05, 4.69) is 4.74 Å². The zero-order valence-corrected chi connectivity index (χ0v) is 10.7. The van der Waals surface area contributed by atoms with Crippen LogP contribution in [0.4, 0.5) is 13.2 Å². The lowest BCUT2D eigenvalue weighted by Gasteiger charge is -2.31. The maximum atomic E-state index is 12.2. The van der Waals surface area contributed by atoms with Crippen LogP contribution < -0.4 is 10.5 Å². The van der Waals surface area contributed by atoms with Gasteiger partial charge in [-0.05, 0) is 24.1 Å². The van der Waals surface area contributed by atoms with E-state index in [1.54, 1.807) is 6.07 Å². The van der Waals surface area contributed by atoms with E-state index in [9.17, 15) is 18.3 Å². The van der Waals surface area contributed by atoms with Crippen molar-refractivity contribution in [2.75, 3.05) is 19.8 Å². The molecular formula is C13H16F3NO3. The van der Waals surface area contributed by atoms with E-state index in [0.717, 1.165) is 0 Å². The number of rotatable bonds is 4. The molecule has 20 heavy (non-hydrogen) atoms. The minimum absolute atomic E-state index is 0.193. The van der Waals surface area contributed by atoms with Crippen LogP contribution >= 0.6 is 0 Å². The third-order valence-electron chi connectivity index (χ3n) is 3.53. The smallest absolute Gasteiger partial charge is 0.406 e. The van der Waals surface area contributed by atoms with Gasteiger partial charge in [0.15, 0.2) is 0 Å². The average molecular weight is 291 g/mol. The SMILES string of the molecule is NCC1(C(O)c2cccc(OC(F)(F)F)c2)CCOC1. The first kappa shape index (κ1) is 15.1. The summed E-state index contributed by atoms with van der Waals surface area (Å²) in [5.74, 6) is -0.361. The molecule has 2 rings (SSSR count). The molecule has 1 aliphatic rings. The van der Waals surface area contributed by atoms with Gasteiger partial charge in [0.25, 0.3) is 0 Å². The molecule has 0 radical (unpaired) electrons. The largest absolute Gasteiger partial charge is 0.573 e. The van der Waals surface area contributed by atoms with Gasteiger partial charge in [-0.25, -0.2) is 0 Å². The van der Waals surface area contributed by atoms with E-state index in [1.165, 1.54) is 18.2 Å². The Morgan fingerprint density at radius 2 is 2.20 bits per heavy atom. The van der Waals surface area contributed by atoms with E-state index in [4.69, 9.17) is 10.5 Å². The summed E-state index contributed by atoms with van der Waals surface area (Å²) in [7, 11) is 0. The van der Waals surface area contributed by atoms with E-state index < -0.39 is 17.9 Å². The fourth-order valence-electron chi connectivity index (χ4n) is 2.35. The highest BCUT2D eigenvalue weighted by Crippen LogP contribution is 2.41. The van der Waals surface area contributed by atoms with Crippen molar-refractivity contribution < 1.29 is 27.8 Å². The number of benzene rings is 1. The second-order valence-corrected chi connectivity index (χ2v) is 4.89. The molecule has 0 aliphatic carbocycles. The second-order valence-electron chi connectivity index (χ2n) is 4.89. The summed E-state index contributed by atoms with van der Waals surface area (Å²) < 4.78 is 45.7. The van der Waals surface area contributed by atoms with E-state index in [0.29, 0.717) is 18.6 Å². The van der Waals surface area contributed by atoms with E-state index in [1.807, 2.05) is 0 Å². The van der Waals surface area contributed by atoms with Crippen LogP contribution in [0.1, 0.15) is 18.1 Å². The van der Waals surface area contributed by atoms with Crippen LogP contribution in [0, 0.1) is 5.41 Å². The summed E-state index contributed by atoms with van der Waals surface area (Å²) >= 11 is 0. The first-order chi connectivity index (χ1) is 9.36. The van der Waals surface area contributed by atoms with Crippen molar-refractivity contribution in [2.24, 2.45) is 11.1 Å². The molecule has 1 fully saturated rings. The Morgan fingerprint density at radius 1 is 1.45 bits per heavy atom. The molecule has 0 amide bonds. The Bertz CT molecular complexity index is 458. The Morgan fingerprint density at radius 3 is 2.75 bits per heavy atom. The van der Waals surface area contributed by atoms with Gasteiger partial charge < -0.3 is 20.3 Å². The number of hydrogen-bond acceptors (Lipinski definition) is 4. The van der Waals surface area contributed by atoms with Crippen LogP contribution in [0.2, 0.25) is 0 Å². The van der Waals surface area contributed by atoms with Crippen LogP contribution in [0.5, 0.6) is 5.75 Å². The van der Waals surface area contributed by atoms with Gasteiger partial charge in [0.2, 0.25) is 0 Å². The fraction of sp³-hybridized carbons (Fsp3) is 0.538. The number of ether oxygens (including phenoxy) is 2. The van der Waals surface area contributed by atoms with Gasteiger partial charge in [0, 0.05) is 18.6 Å². The molecule has 7 heteroatoms. The summed E-state index contributed by atoms with van der Waals surface area (Å²) in [6, 6.07) is 5.31. The first-order valence-electron chi connectivity index (χ1n) is 6.18. The highest BCUT2D eigenvalue weighted by Gasteiger charge is 2.41. The molecule has 1 saturated heterocycles. The molecule has 0 bridgehead atoms. The summed E-state index contributed by atoms with van der Waals surface area (Å²) in [6.07, 6.45) is -5.19. The number of nitrogens with two attached hydrogens (primary N) is 1. The maximum Gasteiger partial charge on any atom is 0.573 e. The van der Waals surface area contributed by atoms with Crippen molar-refractivity contribution in [3.05, 3.63) is 29.8 Å². The third-order valence-corrected chi connectivity index (χ3v) is 3.53. The van der Waals surface area contributed by atoms with Gasteiger partial charge in [-0.1, -0.05) is 12.1 Å². The van der Waals surface area contributed by atoms with E-state index in [-0.39, 0.29) is 18.9 Å². The Kier molecular flexibility index (Phi) is 4.22. The van der Waals surface area contributed by atoms with Crippen LogP contribution in [0.25, 0.3) is 0 Å². The zero-order valence-electron chi connectivity index (χ0n) is 10.7. The number of hydrogen-bond donors (Lipinski definition) is 2. The molecule has 1 aromatic rings. The molecule has 112 valence electrons. The van der Waals surface area contributed by atoms with Crippen molar-refractivity contribution in [3.8, 4) is 5.75 Å². The van der Waals surface area contributed by atoms with Crippen molar-refractivity contribution in [1.82, 2.24) is 0 Å². The molecule has 0 saturated carbocycles. The predicted molar refractivity (Wildman–Crippen MR) is 65.0 cm³/mol. The highest BCUT2D eigenvalue weighted by atomic mass is 19.4. The second kappa shape index (κ2) is 5.59. The van der Waals surface area contributed by atoms with Crippen molar-refractivity contribution in [1.29, 1.82) is 0 Å². The lowest BCUT2D eigenvalue weighted by molar-refractivity contribution is -0.274. The Balaban J connectivity index is 2.22. The van der Waals surface area contributed by atoms with Gasteiger partial charge in [0.1, 0.15) is 5.75 Å². The van der Waals surface area contributed by atoms with Gasteiger partial charge in [-0.2, -0.15) is 0 Å². The van der Waals surface area contributed by atoms with Crippen LogP contribution in [-0.2, 0) is 4.74 Å². The maximum absolute atomic E-state index is 12.2. The van der Waals surface area contributed by atoms with Crippen LogP contribution in [0.15, 0.2) is 24.3 Å². The summed E-state index contributed by atoms with van der Waals surface area (Å²) in [5, 5.41) is 10.4. The molecule has 4 nitrogen and oxygen atoms in total. The van der Waals surface area contributed by atoms with Crippen molar-refractivity contribution >= 4 is 0 Å². The first-order valence-corrected chi connectivity index (χ1v) is 6.18. The molecule has 1 aromatic carbocycles. The predicted octanol–water partition coefficient (Wildman–Crippen LogP) is 1.98. The third kappa shape index (κ3) is 3.23. The molecule has 1 heterocycles. The Labute approximate surface area is 114 Å². The van der Waals surface area contributed by atoms with E-state index >= 15 is 0 Å². The molecule has 1 aliphatic heterocycles. The van der Waals surface area contributed by atoms with Crippen molar-refractivity contribution in [3.63, 3.8) is 0 Å². The number of alkyl halides is 3. The lowest BCUT2D eigenvalue weighted by Crippen LogP contribution is -2.37. The van der Waals surface area contributed by atoms with Crippen molar-refractivity contribution in [2.45, 2.75) is 18.9 Å². The minimum atomic E-state index is -4.76. The Hall–Kier alpha value is -1.31. The highest BCUT2D eigenvalue weighted by molar-refractivity contribution is 5.31. The minimum Gasteiger partial charge on any atom is -0.406 e. The van der Waals surface area contributed by atoms with Crippen LogP contribution in [0.3, 0.4) is 0 Å². The standard InChI is InChI=1S/C13H16F3NO3/c14-13(15,16)20-10-3-1-2-9(6-10)11(18)12(7-17)4-5-19-8-12/h1-3,6,11,18H,4-5,7-8,17H2. The number of aliphatic hydroxyl groups is 1. The van der Waals surface area contributed by atoms with Gasteiger partial charge in [-0.15, -0.1) is 13.2 Å². The molecule has 2 atom stereocenters. The molecule has 2 unspecified atom stereocenters. The van der Waals surface area contributed by atoms with Crippen LogP contribution in [-0.4, -0.2) is 31.2 Å². The fourth-order valence-corrected chi connectivity index (χ4v) is 2.35.